The molecule has 3 rings (SSSR count). The lowest BCUT2D eigenvalue weighted by atomic mass is 9.96. The fourth-order valence-electron chi connectivity index (χ4n) is 2.73. The summed E-state index contributed by atoms with van der Waals surface area (Å²) in [5.41, 5.74) is 1.14. The Hall–Kier alpha value is -2.10. The highest BCUT2D eigenvalue weighted by Crippen LogP contribution is 2.26. The third-order valence-electron chi connectivity index (χ3n) is 3.70. The average molecular weight is 256 g/mol. The van der Waals surface area contributed by atoms with Crippen LogP contribution in [0.25, 0.3) is 0 Å². The minimum absolute atomic E-state index is 0.0446. The van der Waals surface area contributed by atoms with E-state index in [1.54, 1.807) is 0 Å². The number of amides is 1. The van der Waals surface area contributed by atoms with Crippen LogP contribution in [0.5, 0.6) is 0 Å². The van der Waals surface area contributed by atoms with Gasteiger partial charge in [-0.25, -0.2) is 0 Å². The van der Waals surface area contributed by atoms with E-state index in [1.165, 1.54) is 0 Å². The van der Waals surface area contributed by atoms with Crippen molar-refractivity contribution in [3.63, 3.8) is 0 Å². The van der Waals surface area contributed by atoms with Gasteiger partial charge in [0, 0.05) is 19.5 Å². The van der Waals surface area contributed by atoms with Crippen molar-refractivity contribution in [1.82, 2.24) is 10.2 Å². The molecule has 1 aromatic carbocycles. The maximum absolute atomic E-state index is 12.1. The molecular formula is C15H16N2O2. The molecule has 1 fully saturated rings. The lowest BCUT2D eigenvalue weighted by molar-refractivity contribution is -0.129. The average Bonchev–Trinajstić information content (AvgIpc) is 2.77. The Morgan fingerprint density at radius 1 is 1.21 bits per heavy atom. The Bertz CT molecular complexity index is 524. The van der Waals surface area contributed by atoms with E-state index >= 15 is 0 Å². The van der Waals surface area contributed by atoms with Crippen LogP contribution < -0.4 is 5.32 Å². The SMILES string of the molecule is O=C1CCNC(=O)C2C1C=CN2Cc1ccccc1. The highest BCUT2D eigenvalue weighted by atomic mass is 16.2. The highest BCUT2D eigenvalue weighted by molar-refractivity contribution is 5.95. The molecule has 1 amide bonds. The normalized spacial score (nSPS) is 26.0. The number of carbonyl (C=O) groups excluding carboxylic acids is 2. The van der Waals surface area contributed by atoms with Crippen molar-refractivity contribution < 1.29 is 9.59 Å². The number of Topliss-reactive ketones (excluding diaryl/α,β-unsaturated/α-hetero) is 1. The number of rotatable bonds is 2. The van der Waals surface area contributed by atoms with E-state index in [0.717, 1.165) is 5.56 Å². The zero-order valence-electron chi connectivity index (χ0n) is 10.6. The third kappa shape index (κ3) is 2.26. The summed E-state index contributed by atoms with van der Waals surface area (Å²) in [4.78, 5) is 26.0. The topological polar surface area (TPSA) is 49.4 Å². The van der Waals surface area contributed by atoms with Gasteiger partial charge in [0.25, 0.3) is 0 Å². The fourth-order valence-corrected chi connectivity index (χ4v) is 2.73. The van der Waals surface area contributed by atoms with E-state index < -0.39 is 0 Å². The molecule has 2 unspecified atom stereocenters. The minimum atomic E-state index is -0.379. The first-order chi connectivity index (χ1) is 9.25. The maximum Gasteiger partial charge on any atom is 0.243 e. The largest absolute Gasteiger partial charge is 0.361 e. The molecule has 1 aromatic rings. The molecule has 0 aromatic heterocycles. The van der Waals surface area contributed by atoms with Gasteiger partial charge in [0.1, 0.15) is 11.8 Å². The fraction of sp³-hybridized carbons (Fsp3) is 0.333. The standard InChI is InChI=1S/C15H16N2O2/c18-13-6-8-16-15(19)14-12(13)7-9-17(14)10-11-4-2-1-3-5-11/h1-5,7,9,12,14H,6,8,10H2,(H,16,19). The molecule has 4 heteroatoms. The van der Waals surface area contributed by atoms with E-state index in [0.29, 0.717) is 19.5 Å². The lowest BCUT2D eigenvalue weighted by Crippen LogP contribution is -2.44. The van der Waals surface area contributed by atoms with Gasteiger partial charge in [-0.15, -0.1) is 0 Å². The molecule has 0 spiro atoms. The zero-order chi connectivity index (χ0) is 13.2. The molecular weight excluding hydrogens is 240 g/mol. The van der Waals surface area contributed by atoms with Crippen LogP contribution in [0.4, 0.5) is 0 Å². The predicted molar refractivity (Wildman–Crippen MR) is 71.0 cm³/mol. The molecule has 1 N–H and O–H groups in total. The van der Waals surface area contributed by atoms with Crippen molar-refractivity contribution in [3.05, 3.63) is 48.2 Å². The van der Waals surface area contributed by atoms with Gasteiger partial charge >= 0.3 is 0 Å². The van der Waals surface area contributed by atoms with Crippen molar-refractivity contribution in [2.24, 2.45) is 5.92 Å². The summed E-state index contributed by atoms with van der Waals surface area (Å²) >= 11 is 0. The summed E-state index contributed by atoms with van der Waals surface area (Å²) in [5, 5.41) is 2.82. The second kappa shape index (κ2) is 4.88. The Balaban J connectivity index is 1.82. The van der Waals surface area contributed by atoms with E-state index in [1.807, 2.05) is 47.5 Å². The summed E-state index contributed by atoms with van der Waals surface area (Å²) < 4.78 is 0. The molecule has 0 saturated carbocycles. The summed E-state index contributed by atoms with van der Waals surface area (Å²) in [5.74, 6) is -0.182. The number of hydrogen-bond donors (Lipinski definition) is 1. The first-order valence-electron chi connectivity index (χ1n) is 6.54. The molecule has 19 heavy (non-hydrogen) atoms. The monoisotopic (exact) mass is 256 g/mol. The molecule has 0 aliphatic carbocycles. The molecule has 0 bridgehead atoms. The second-order valence-electron chi connectivity index (χ2n) is 4.98. The van der Waals surface area contributed by atoms with E-state index in [-0.39, 0.29) is 23.7 Å². The van der Waals surface area contributed by atoms with Gasteiger partial charge in [-0.2, -0.15) is 0 Å². The van der Waals surface area contributed by atoms with Gasteiger partial charge in [0.2, 0.25) is 5.91 Å². The molecule has 2 heterocycles. The number of benzene rings is 1. The van der Waals surface area contributed by atoms with Crippen molar-refractivity contribution >= 4 is 11.7 Å². The molecule has 98 valence electrons. The van der Waals surface area contributed by atoms with Crippen molar-refractivity contribution in [1.29, 1.82) is 0 Å². The van der Waals surface area contributed by atoms with Crippen LogP contribution in [-0.2, 0) is 16.1 Å². The summed E-state index contributed by atoms with van der Waals surface area (Å²) in [6.07, 6.45) is 4.17. The third-order valence-corrected chi connectivity index (χ3v) is 3.70. The summed E-state index contributed by atoms with van der Waals surface area (Å²) in [7, 11) is 0. The Morgan fingerprint density at radius 3 is 2.79 bits per heavy atom. The Labute approximate surface area is 112 Å². The smallest absolute Gasteiger partial charge is 0.243 e. The predicted octanol–water partition coefficient (Wildman–Crippen LogP) is 1.09. The highest BCUT2D eigenvalue weighted by Gasteiger charge is 2.40. The minimum Gasteiger partial charge on any atom is -0.361 e. The van der Waals surface area contributed by atoms with Gasteiger partial charge in [-0.05, 0) is 11.8 Å². The van der Waals surface area contributed by atoms with Gasteiger partial charge < -0.3 is 10.2 Å². The number of hydrogen-bond acceptors (Lipinski definition) is 3. The number of nitrogens with zero attached hydrogens (tertiary/aromatic N) is 1. The number of fused-ring (bicyclic) bond motifs is 1. The van der Waals surface area contributed by atoms with Crippen molar-refractivity contribution in [3.8, 4) is 0 Å². The van der Waals surface area contributed by atoms with Gasteiger partial charge in [-0.1, -0.05) is 36.4 Å². The molecule has 4 nitrogen and oxygen atoms in total. The van der Waals surface area contributed by atoms with Crippen LogP contribution in [0.2, 0.25) is 0 Å². The zero-order valence-corrected chi connectivity index (χ0v) is 10.6. The van der Waals surface area contributed by atoms with Gasteiger partial charge in [0.05, 0.1) is 5.92 Å². The first kappa shape index (κ1) is 12.0. The van der Waals surface area contributed by atoms with E-state index in [9.17, 15) is 9.59 Å². The number of ketones is 1. The summed E-state index contributed by atoms with van der Waals surface area (Å²) in [6.45, 7) is 1.11. The molecule has 2 atom stereocenters. The van der Waals surface area contributed by atoms with Gasteiger partial charge in [-0.3, -0.25) is 9.59 Å². The van der Waals surface area contributed by atoms with Crippen LogP contribution >= 0.6 is 0 Å². The quantitative estimate of drug-likeness (QED) is 0.861. The van der Waals surface area contributed by atoms with E-state index in [2.05, 4.69) is 5.32 Å². The molecule has 0 radical (unpaired) electrons. The van der Waals surface area contributed by atoms with Crippen LogP contribution in [-0.4, -0.2) is 29.2 Å². The molecule has 2 aliphatic rings. The molecule has 1 saturated heterocycles. The lowest BCUT2D eigenvalue weighted by Gasteiger charge is -2.26. The van der Waals surface area contributed by atoms with Gasteiger partial charge in [0.15, 0.2) is 0 Å². The Morgan fingerprint density at radius 2 is 2.00 bits per heavy atom. The molecule has 2 aliphatic heterocycles. The van der Waals surface area contributed by atoms with Crippen molar-refractivity contribution in [2.45, 2.75) is 19.0 Å². The second-order valence-corrected chi connectivity index (χ2v) is 4.98. The number of nitrogens with one attached hydrogen (secondary N) is 1. The van der Waals surface area contributed by atoms with Crippen LogP contribution in [0.3, 0.4) is 0 Å². The summed E-state index contributed by atoms with van der Waals surface area (Å²) in [6, 6.07) is 9.59. The van der Waals surface area contributed by atoms with E-state index in [4.69, 9.17) is 0 Å². The number of carbonyl (C=O) groups is 2. The van der Waals surface area contributed by atoms with Crippen LogP contribution in [0.15, 0.2) is 42.6 Å². The Kier molecular flexibility index (Phi) is 3.07. The van der Waals surface area contributed by atoms with Crippen LogP contribution in [0, 0.1) is 5.92 Å². The maximum atomic E-state index is 12.1. The van der Waals surface area contributed by atoms with Crippen LogP contribution in [0.1, 0.15) is 12.0 Å². The first-order valence-corrected chi connectivity index (χ1v) is 6.54. The van der Waals surface area contributed by atoms with Crippen molar-refractivity contribution in [2.75, 3.05) is 6.54 Å².